The highest BCUT2D eigenvalue weighted by Crippen LogP contribution is 2.10. The topological polar surface area (TPSA) is 61.2 Å². The van der Waals surface area contributed by atoms with Gasteiger partial charge in [0.05, 0.1) is 17.9 Å². The molecule has 5 heteroatoms. The van der Waals surface area contributed by atoms with E-state index in [4.69, 9.17) is 0 Å². The van der Waals surface area contributed by atoms with E-state index in [-0.39, 0.29) is 6.61 Å². The number of carbonyl (C=O) groups excluding carboxylic acids is 2. The fourth-order valence-electron chi connectivity index (χ4n) is 1.45. The van der Waals surface area contributed by atoms with Crippen LogP contribution in [-0.2, 0) is 23.0 Å². The average molecular weight is 224 g/mol. The maximum absolute atomic E-state index is 11.7. The lowest BCUT2D eigenvalue weighted by Crippen LogP contribution is -2.18. The van der Waals surface area contributed by atoms with Crippen molar-refractivity contribution in [2.24, 2.45) is 7.05 Å². The van der Waals surface area contributed by atoms with Gasteiger partial charge < -0.3 is 4.74 Å². The minimum absolute atomic E-state index is 0.202. The Bertz CT molecular complexity index is 396. The summed E-state index contributed by atoms with van der Waals surface area (Å²) in [7, 11) is 1.72. The predicted molar refractivity (Wildman–Crippen MR) is 58.2 cm³/mol. The molecule has 0 saturated heterocycles. The standard InChI is InChI=1S/C11H16N2O3/c1-4-6-9-8(7-13(3)12-9)10(14)11(15)16-5-2/h7H,4-6H2,1-3H3. The summed E-state index contributed by atoms with van der Waals surface area (Å²) in [6.45, 7) is 3.86. The van der Waals surface area contributed by atoms with Crippen LogP contribution in [0.4, 0.5) is 0 Å². The molecule has 0 bridgehead atoms. The second kappa shape index (κ2) is 5.44. The zero-order chi connectivity index (χ0) is 12.1. The van der Waals surface area contributed by atoms with Gasteiger partial charge in [0.15, 0.2) is 0 Å². The summed E-state index contributed by atoms with van der Waals surface area (Å²) in [6, 6.07) is 0. The van der Waals surface area contributed by atoms with Crippen molar-refractivity contribution in [3.63, 3.8) is 0 Å². The van der Waals surface area contributed by atoms with Crippen LogP contribution >= 0.6 is 0 Å². The summed E-state index contributed by atoms with van der Waals surface area (Å²) in [4.78, 5) is 23.0. The van der Waals surface area contributed by atoms with E-state index in [9.17, 15) is 9.59 Å². The molecule has 0 aromatic carbocycles. The number of carbonyl (C=O) groups is 2. The normalized spacial score (nSPS) is 10.2. The number of ketones is 1. The third-order valence-corrected chi connectivity index (χ3v) is 2.10. The zero-order valence-corrected chi connectivity index (χ0v) is 9.82. The van der Waals surface area contributed by atoms with Gasteiger partial charge in [-0.2, -0.15) is 5.10 Å². The molecule has 1 aromatic heterocycles. The van der Waals surface area contributed by atoms with E-state index in [0.29, 0.717) is 17.7 Å². The number of Topliss-reactive ketones (excluding diaryl/α,β-unsaturated/α-hetero) is 1. The van der Waals surface area contributed by atoms with Gasteiger partial charge in [0, 0.05) is 13.2 Å². The minimum atomic E-state index is -0.812. The monoisotopic (exact) mass is 224 g/mol. The van der Waals surface area contributed by atoms with E-state index < -0.39 is 11.8 Å². The fraction of sp³-hybridized carbons (Fsp3) is 0.545. The quantitative estimate of drug-likeness (QED) is 0.427. The molecule has 5 nitrogen and oxygen atoms in total. The molecule has 0 spiro atoms. The van der Waals surface area contributed by atoms with Gasteiger partial charge in [0.1, 0.15) is 0 Å². The molecular weight excluding hydrogens is 208 g/mol. The molecule has 0 atom stereocenters. The van der Waals surface area contributed by atoms with E-state index in [1.165, 1.54) is 4.68 Å². The van der Waals surface area contributed by atoms with Crippen molar-refractivity contribution in [1.29, 1.82) is 0 Å². The molecular formula is C11H16N2O3. The van der Waals surface area contributed by atoms with Gasteiger partial charge in [0.2, 0.25) is 0 Å². The number of aryl methyl sites for hydroxylation is 2. The fourth-order valence-corrected chi connectivity index (χ4v) is 1.45. The predicted octanol–water partition coefficient (Wildman–Crippen LogP) is 1.12. The largest absolute Gasteiger partial charge is 0.460 e. The van der Waals surface area contributed by atoms with Crippen LogP contribution < -0.4 is 0 Å². The van der Waals surface area contributed by atoms with Crippen molar-refractivity contribution >= 4 is 11.8 Å². The first-order valence-corrected chi connectivity index (χ1v) is 5.34. The molecule has 0 N–H and O–H groups in total. The van der Waals surface area contributed by atoms with Crippen molar-refractivity contribution in [3.05, 3.63) is 17.5 Å². The first-order valence-electron chi connectivity index (χ1n) is 5.34. The number of esters is 1. The summed E-state index contributed by atoms with van der Waals surface area (Å²) in [5.41, 5.74) is 1.01. The summed E-state index contributed by atoms with van der Waals surface area (Å²) < 4.78 is 6.21. The average Bonchev–Trinajstić information content (AvgIpc) is 2.59. The van der Waals surface area contributed by atoms with Crippen LogP contribution in [-0.4, -0.2) is 28.1 Å². The maximum Gasteiger partial charge on any atom is 0.379 e. The minimum Gasteiger partial charge on any atom is -0.460 e. The van der Waals surface area contributed by atoms with Crippen molar-refractivity contribution in [1.82, 2.24) is 9.78 Å². The maximum atomic E-state index is 11.7. The molecule has 0 aliphatic carbocycles. The van der Waals surface area contributed by atoms with Crippen LogP contribution in [0.2, 0.25) is 0 Å². The van der Waals surface area contributed by atoms with Crippen LogP contribution in [0.15, 0.2) is 6.20 Å². The lowest BCUT2D eigenvalue weighted by atomic mass is 10.1. The summed E-state index contributed by atoms with van der Waals surface area (Å²) >= 11 is 0. The molecule has 0 unspecified atom stereocenters. The Hall–Kier alpha value is -1.65. The highest BCUT2D eigenvalue weighted by Gasteiger charge is 2.22. The molecule has 0 aliphatic rings. The van der Waals surface area contributed by atoms with E-state index in [0.717, 1.165) is 6.42 Å². The van der Waals surface area contributed by atoms with Crippen molar-refractivity contribution in [2.45, 2.75) is 26.7 Å². The van der Waals surface area contributed by atoms with Gasteiger partial charge in [-0.3, -0.25) is 9.48 Å². The van der Waals surface area contributed by atoms with E-state index in [1.807, 2.05) is 6.92 Å². The Morgan fingerprint density at radius 1 is 1.44 bits per heavy atom. The Morgan fingerprint density at radius 2 is 2.12 bits per heavy atom. The number of ether oxygens (including phenoxy) is 1. The molecule has 1 heterocycles. The van der Waals surface area contributed by atoms with Crippen LogP contribution in [0.25, 0.3) is 0 Å². The van der Waals surface area contributed by atoms with E-state index in [1.54, 1.807) is 20.2 Å². The van der Waals surface area contributed by atoms with Gasteiger partial charge in [-0.05, 0) is 13.3 Å². The number of hydrogen-bond acceptors (Lipinski definition) is 4. The number of nitrogens with zero attached hydrogens (tertiary/aromatic N) is 2. The highest BCUT2D eigenvalue weighted by molar-refractivity contribution is 6.40. The van der Waals surface area contributed by atoms with Gasteiger partial charge >= 0.3 is 5.97 Å². The third-order valence-electron chi connectivity index (χ3n) is 2.10. The Kier molecular flexibility index (Phi) is 4.22. The molecule has 0 fully saturated rings. The van der Waals surface area contributed by atoms with E-state index in [2.05, 4.69) is 9.84 Å². The molecule has 0 radical (unpaired) electrons. The lowest BCUT2D eigenvalue weighted by molar-refractivity contribution is -0.137. The van der Waals surface area contributed by atoms with Crippen molar-refractivity contribution in [3.8, 4) is 0 Å². The molecule has 0 saturated carbocycles. The zero-order valence-electron chi connectivity index (χ0n) is 9.82. The van der Waals surface area contributed by atoms with Gasteiger partial charge in [-0.25, -0.2) is 4.79 Å². The molecule has 88 valence electrons. The summed E-state index contributed by atoms with van der Waals surface area (Å²) in [6.07, 6.45) is 3.12. The second-order valence-electron chi connectivity index (χ2n) is 3.46. The molecule has 0 amide bonds. The van der Waals surface area contributed by atoms with E-state index >= 15 is 0 Å². The Labute approximate surface area is 94.4 Å². The van der Waals surface area contributed by atoms with Crippen molar-refractivity contribution < 1.29 is 14.3 Å². The first-order chi connectivity index (χ1) is 7.60. The van der Waals surface area contributed by atoms with Crippen LogP contribution in [0.3, 0.4) is 0 Å². The number of aromatic nitrogens is 2. The Morgan fingerprint density at radius 3 is 2.69 bits per heavy atom. The highest BCUT2D eigenvalue weighted by atomic mass is 16.5. The van der Waals surface area contributed by atoms with Crippen LogP contribution in [0.5, 0.6) is 0 Å². The summed E-state index contributed by atoms with van der Waals surface area (Å²) in [5.74, 6) is -1.42. The number of rotatable bonds is 5. The van der Waals surface area contributed by atoms with Gasteiger partial charge in [0.25, 0.3) is 5.78 Å². The van der Waals surface area contributed by atoms with Crippen LogP contribution in [0, 0.1) is 0 Å². The Balaban J connectivity index is 2.93. The lowest BCUT2D eigenvalue weighted by Gasteiger charge is -2.00. The second-order valence-corrected chi connectivity index (χ2v) is 3.46. The summed E-state index contributed by atoms with van der Waals surface area (Å²) in [5, 5.41) is 4.15. The van der Waals surface area contributed by atoms with Crippen LogP contribution in [0.1, 0.15) is 36.3 Å². The third kappa shape index (κ3) is 2.68. The SMILES string of the molecule is CCCc1nn(C)cc1C(=O)C(=O)OCC. The number of hydrogen-bond donors (Lipinski definition) is 0. The smallest absolute Gasteiger partial charge is 0.379 e. The molecule has 1 rings (SSSR count). The molecule has 1 aromatic rings. The first kappa shape index (κ1) is 12.4. The molecule has 0 aliphatic heterocycles. The molecule has 16 heavy (non-hydrogen) atoms. The van der Waals surface area contributed by atoms with Gasteiger partial charge in [-0.1, -0.05) is 13.3 Å². The van der Waals surface area contributed by atoms with Gasteiger partial charge in [-0.15, -0.1) is 0 Å². The van der Waals surface area contributed by atoms with Crippen molar-refractivity contribution in [2.75, 3.05) is 6.61 Å².